The third-order valence-electron chi connectivity index (χ3n) is 9.85. The van der Waals surface area contributed by atoms with Gasteiger partial charge in [-0.3, -0.25) is 19.0 Å². The van der Waals surface area contributed by atoms with Crippen molar-refractivity contribution >= 4 is 44.8 Å². The van der Waals surface area contributed by atoms with Crippen LogP contribution in [0.25, 0.3) is 11.4 Å². The number of carbonyl (C=O) groups is 2. The molecule has 1 saturated heterocycles. The van der Waals surface area contributed by atoms with Crippen LogP contribution in [-0.4, -0.2) is 77.1 Å². The molecule has 7 rings (SSSR count). The first-order valence-corrected chi connectivity index (χ1v) is 18.8. The van der Waals surface area contributed by atoms with Gasteiger partial charge in [0.05, 0.1) is 11.4 Å². The Morgan fingerprint density at radius 2 is 1.69 bits per heavy atom. The average molecular weight is 750 g/mol. The highest BCUT2D eigenvalue weighted by molar-refractivity contribution is 8.45. The lowest BCUT2D eigenvalue weighted by molar-refractivity contribution is -0.119. The van der Waals surface area contributed by atoms with Gasteiger partial charge in [-0.15, -0.1) is 5.10 Å². The predicted octanol–water partition coefficient (Wildman–Crippen LogP) is 6.35. The molecule has 0 radical (unpaired) electrons. The van der Waals surface area contributed by atoms with Crippen molar-refractivity contribution in [2.24, 2.45) is 0 Å². The highest BCUT2D eigenvalue weighted by Gasteiger charge is 2.65. The van der Waals surface area contributed by atoms with Crippen LogP contribution in [0.1, 0.15) is 85.1 Å². The first kappa shape index (κ1) is 35.3. The topological polar surface area (TPSA) is 151 Å². The molecule has 0 spiro atoms. The number of aromatic nitrogens is 6. The summed E-state index contributed by atoms with van der Waals surface area (Å²) in [5.74, 6) is -1.35. The van der Waals surface area contributed by atoms with E-state index in [9.17, 15) is 38.9 Å². The summed E-state index contributed by atoms with van der Waals surface area (Å²) in [5.41, 5.74) is 1.21. The van der Waals surface area contributed by atoms with Crippen molar-refractivity contribution in [1.29, 1.82) is 0 Å². The van der Waals surface area contributed by atoms with Crippen molar-refractivity contribution in [1.82, 2.24) is 34.0 Å². The Morgan fingerprint density at radius 1 is 0.981 bits per heavy atom. The summed E-state index contributed by atoms with van der Waals surface area (Å²) in [4.78, 5) is 55.4. The lowest BCUT2D eigenvalue weighted by atomic mass is 10.0. The number of fused-ring (bicyclic) bond motifs is 3. The Balaban J connectivity index is 1.25. The standard InChI is InChI=1S/C33H36F5N9O4S/c1-19-17-24(30(49)41-22-9-11-23(12-10-22)52(34,35,36,37)38)46-26(19)27(32(51)47-33(46)42-29(43-47)21-7-5-3-4-6-8-21)44-13-15-45(16-14-44)31(50)25-28(48)20(2)39-18-40-25/h7,9-12,18-19,24,48H,3-6,8,13-17H2,1-2H3,(H,41,49)/t19-,24-/m0/s1. The minimum atomic E-state index is -9.92. The number of benzene rings is 1. The van der Waals surface area contributed by atoms with Gasteiger partial charge in [0.15, 0.2) is 17.3 Å². The summed E-state index contributed by atoms with van der Waals surface area (Å²) in [6.07, 6.45) is 7.92. The molecule has 2 aliphatic heterocycles. The molecule has 19 heteroatoms. The van der Waals surface area contributed by atoms with Gasteiger partial charge in [0, 0.05) is 37.8 Å². The molecule has 3 aromatic heterocycles. The predicted molar refractivity (Wildman–Crippen MR) is 183 cm³/mol. The van der Waals surface area contributed by atoms with Crippen molar-refractivity contribution in [3.63, 3.8) is 0 Å². The quantitative estimate of drug-likeness (QED) is 0.215. The van der Waals surface area contributed by atoms with Crippen LogP contribution in [0.5, 0.6) is 5.75 Å². The number of aromatic hydroxyl groups is 1. The lowest BCUT2D eigenvalue weighted by Crippen LogP contribution is -2.51. The van der Waals surface area contributed by atoms with Gasteiger partial charge in [-0.05, 0) is 68.9 Å². The van der Waals surface area contributed by atoms with Gasteiger partial charge in [0.2, 0.25) is 11.7 Å². The maximum atomic E-state index is 14.4. The van der Waals surface area contributed by atoms with Crippen molar-refractivity contribution < 1.29 is 34.1 Å². The Hall–Kier alpha value is -5.07. The number of nitrogens with zero attached hydrogens (tertiary/aromatic N) is 8. The van der Waals surface area contributed by atoms with E-state index in [0.29, 0.717) is 17.9 Å². The fraction of sp³-hybridized carbons (Fsp3) is 0.424. The fourth-order valence-corrected chi connectivity index (χ4v) is 7.81. The minimum Gasteiger partial charge on any atom is -0.504 e. The van der Waals surface area contributed by atoms with Crippen molar-refractivity contribution in [2.45, 2.75) is 69.2 Å². The first-order chi connectivity index (χ1) is 24.4. The number of hydrogen-bond acceptors (Lipinski definition) is 9. The molecule has 52 heavy (non-hydrogen) atoms. The molecule has 5 heterocycles. The van der Waals surface area contributed by atoms with Crippen LogP contribution in [0.3, 0.4) is 0 Å². The highest BCUT2D eigenvalue weighted by Crippen LogP contribution is 3.02. The van der Waals surface area contributed by atoms with E-state index in [-0.39, 0.29) is 84.9 Å². The summed E-state index contributed by atoms with van der Waals surface area (Å²) in [6.45, 7) is 4.20. The average Bonchev–Trinajstić information content (AvgIpc) is 3.56. The second kappa shape index (κ2) is 12.0. The summed E-state index contributed by atoms with van der Waals surface area (Å²) in [7, 11) is -9.92. The molecule has 13 nitrogen and oxygen atoms in total. The van der Waals surface area contributed by atoms with Crippen molar-refractivity contribution in [3.8, 4) is 5.75 Å². The zero-order valence-electron chi connectivity index (χ0n) is 28.2. The zero-order chi connectivity index (χ0) is 37.2. The number of rotatable bonds is 6. The molecule has 278 valence electrons. The van der Waals surface area contributed by atoms with E-state index in [1.54, 1.807) is 11.5 Å². The Bertz CT molecular complexity index is 2200. The van der Waals surface area contributed by atoms with Crippen LogP contribution < -0.4 is 15.8 Å². The van der Waals surface area contributed by atoms with Gasteiger partial charge in [-0.1, -0.05) is 38.8 Å². The van der Waals surface area contributed by atoms with Gasteiger partial charge >= 0.3 is 10.2 Å². The van der Waals surface area contributed by atoms with Gasteiger partial charge in [0.25, 0.3) is 11.5 Å². The molecule has 0 saturated carbocycles. The first-order valence-electron chi connectivity index (χ1n) is 16.9. The molecule has 0 bridgehead atoms. The SMILES string of the molecule is Cc1ncnc(C(=O)N2CCN(c3c4n(c5nc(C6=CCCCCC6)nn5c3=O)[C@H](C(=O)Nc3ccc(S(F)(F)(F)(F)F)cc3)C[C@@H]4C)CC2)c1O. The second-order valence-electron chi connectivity index (χ2n) is 13.5. The fourth-order valence-electron chi connectivity index (χ4n) is 7.16. The Kier molecular flexibility index (Phi) is 8.15. The van der Waals surface area contributed by atoms with E-state index in [0.717, 1.165) is 43.4 Å². The number of carbonyl (C=O) groups excluding carboxylic acids is 2. The smallest absolute Gasteiger partial charge is 0.310 e. The molecule has 1 aliphatic carbocycles. The third-order valence-corrected chi connectivity index (χ3v) is 11.0. The summed E-state index contributed by atoms with van der Waals surface area (Å²) in [5, 5.41) is 17.6. The third kappa shape index (κ3) is 6.45. The maximum Gasteiger partial charge on any atom is 0.310 e. The van der Waals surface area contributed by atoms with Crippen molar-refractivity contribution in [2.75, 3.05) is 36.4 Å². The van der Waals surface area contributed by atoms with Crippen LogP contribution in [0, 0.1) is 6.92 Å². The molecule has 1 aromatic carbocycles. The molecule has 2 N–H and O–H groups in total. The van der Waals surface area contributed by atoms with Crippen LogP contribution in [0.2, 0.25) is 0 Å². The molecule has 0 unspecified atom stereocenters. The van der Waals surface area contributed by atoms with Crippen LogP contribution >= 0.6 is 10.2 Å². The molecular weight excluding hydrogens is 713 g/mol. The summed E-state index contributed by atoms with van der Waals surface area (Å²) < 4.78 is 69.4. The van der Waals surface area contributed by atoms with E-state index < -0.39 is 38.5 Å². The number of allylic oxidation sites excluding steroid dienone is 2. The van der Waals surface area contributed by atoms with Crippen LogP contribution in [-0.2, 0) is 4.79 Å². The van der Waals surface area contributed by atoms with E-state index in [1.807, 2.05) is 17.9 Å². The summed E-state index contributed by atoms with van der Waals surface area (Å²) in [6, 6.07) is 1.02. The van der Waals surface area contributed by atoms with Crippen LogP contribution in [0.4, 0.5) is 30.8 Å². The number of nitrogens with one attached hydrogen (secondary N) is 1. The lowest BCUT2D eigenvalue weighted by Gasteiger charge is -2.40. The normalized spacial score (nSPS) is 20.9. The largest absolute Gasteiger partial charge is 0.504 e. The Morgan fingerprint density at radius 3 is 2.38 bits per heavy atom. The minimum absolute atomic E-state index is 0.119. The van der Waals surface area contributed by atoms with E-state index >= 15 is 0 Å². The van der Waals surface area contributed by atoms with Gasteiger partial charge in [-0.25, -0.2) is 9.97 Å². The number of halogens is 5. The monoisotopic (exact) mass is 749 g/mol. The van der Waals surface area contributed by atoms with Gasteiger partial charge < -0.3 is 20.2 Å². The number of piperazine rings is 1. The summed E-state index contributed by atoms with van der Waals surface area (Å²) >= 11 is 0. The molecule has 2 atom stereocenters. The molecular formula is C33H36F5N9O4S. The number of anilines is 2. The molecule has 2 amide bonds. The van der Waals surface area contributed by atoms with E-state index in [2.05, 4.69) is 20.4 Å². The van der Waals surface area contributed by atoms with Gasteiger partial charge in [-0.2, -0.15) is 9.50 Å². The zero-order valence-corrected chi connectivity index (χ0v) is 29.1. The van der Waals surface area contributed by atoms with E-state index in [1.165, 1.54) is 15.7 Å². The molecule has 4 aromatic rings. The highest BCUT2D eigenvalue weighted by atomic mass is 32.5. The van der Waals surface area contributed by atoms with E-state index in [4.69, 9.17) is 4.98 Å². The molecule has 1 fully saturated rings. The Labute approximate surface area is 293 Å². The maximum absolute atomic E-state index is 14.4. The van der Waals surface area contributed by atoms with Crippen LogP contribution in [0.15, 0.2) is 46.4 Å². The van der Waals surface area contributed by atoms with Gasteiger partial charge in [0.1, 0.15) is 23.0 Å². The molecule has 3 aliphatic rings. The number of aryl methyl sites for hydroxylation is 1. The van der Waals surface area contributed by atoms with Crippen molar-refractivity contribution in [3.05, 3.63) is 69.9 Å². The number of amides is 2. The number of hydrogen-bond donors (Lipinski definition) is 2. The second-order valence-corrected chi connectivity index (χ2v) is 15.9.